The zero-order chi connectivity index (χ0) is 26.1. The zero-order valence-electron chi connectivity index (χ0n) is 20.7. The summed E-state index contributed by atoms with van der Waals surface area (Å²) in [6.45, 7) is 5.90. The normalized spacial score (nSPS) is 25.6. The highest BCUT2D eigenvalue weighted by Gasteiger charge is 2.57. The molecule has 0 bridgehead atoms. The van der Waals surface area contributed by atoms with E-state index in [0.29, 0.717) is 11.4 Å². The average molecular weight is 500 g/mol. The van der Waals surface area contributed by atoms with Crippen LogP contribution in [0.3, 0.4) is 0 Å². The van der Waals surface area contributed by atoms with Gasteiger partial charge in [-0.3, -0.25) is 19.4 Å². The van der Waals surface area contributed by atoms with E-state index in [1.807, 2.05) is 30.3 Å². The summed E-state index contributed by atoms with van der Waals surface area (Å²) in [5.74, 6) is -4.74. The van der Waals surface area contributed by atoms with Crippen LogP contribution in [0.5, 0.6) is 0 Å². The molecule has 1 N–H and O–H groups in total. The number of aromatic nitrogens is 1. The third-order valence-corrected chi connectivity index (χ3v) is 6.55. The number of ether oxygens (including phenoxy) is 2. The lowest BCUT2D eigenvalue weighted by atomic mass is 9.83. The lowest BCUT2D eigenvalue weighted by Crippen LogP contribution is -2.60. The van der Waals surface area contributed by atoms with Gasteiger partial charge in [0, 0.05) is 30.3 Å². The minimum absolute atomic E-state index is 0.00818. The molecule has 9 nitrogen and oxygen atoms in total. The number of rotatable bonds is 8. The molecule has 1 aromatic carbocycles. The number of fused-ring (bicyclic) bond motifs is 1. The van der Waals surface area contributed by atoms with E-state index in [1.165, 1.54) is 0 Å². The molecular formula is C26H30FN3O6. The van der Waals surface area contributed by atoms with Crippen molar-refractivity contribution < 1.29 is 33.1 Å². The fourth-order valence-electron chi connectivity index (χ4n) is 4.50. The van der Waals surface area contributed by atoms with Crippen LogP contribution in [0.4, 0.5) is 4.39 Å². The van der Waals surface area contributed by atoms with Gasteiger partial charge in [0.15, 0.2) is 6.67 Å². The topological polar surface area (TPSA) is 116 Å². The predicted octanol–water partition coefficient (Wildman–Crippen LogP) is 3.44. The second kappa shape index (κ2) is 9.83. The summed E-state index contributed by atoms with van der Waals surface area (Å²) in [5, 5.41) is 8.71. The second-order valence-corrected chi connectivity index (χ2v) is 9.95. The molecule has 0 saturated carbocycles. The Bertz CT molecular complexity index is 1210. The maximum Gasteiger partial charge on any atom is 0.311 e. The molecule has 192 valence electrons. The highest BCUT2D eigenvalue weighted by atomic mass is 19.1. The lowest BCUT2D eigenvalue weighted by molar-refractivity contribution is -0.226. The Morgan fingerprint density at radius 1 is 1.22 bits per heavy atom. The van der Waals surface area contributed by atoms with Gasteiger partial charge in [0.1, 0.15) is 11.8 Å². The summed E-state index contributed by atoms with van der Waals surface area (Å²) in [7, 11) is 0. The van der Waals surface area contributed by atoms with E-state index in [0.717, 1.165) is 10.8 Å². The van der Waals surface area contributed by atoms with Gasteiger partial charge in [-0.1, -0.05) is 57.1 Å². The number of carbonyl (C=O) groups excluding carboxylic acids is 3. The number of esters is 2. The van der Waals surface area contributed by atoms with E-state index in [-0.39, 0.29) is 31.1 Å². The average Bonchev–Trinajstić information content (AvgIpc) is 3.41. The van der Waals surface area contributed by atoms with Crippen LogP contribution in [-0.2, 0) is 28.7 Å². The van der Waals surface area contributed by atoms with Gasteiger partial charge in [-0.05, 0) is 17.4 Å². The Morgan fingerprint density at radius 2 is 1.97 bits per heavy atom. The van der Waals surface area contributed by atoms with Gasteiger partial charge in [-0.2, -0.15) is 0 Å². The Kier molecular flexibility index (Phi) is 6.97. The van der Waals surface area contributed by atoms with E-state index in [2.05, 4.69) is 15.5 Å². The van der Waals surface area contributed by atoms with Crippen LogP contribution in [0.2, 0.25) is 0 Å². The Labute approximate surface area is 208 Å². The number of pyridine rings is 1. The molecule has 1 saturated heterocycles. The summed E-state index contributed by atoms with van der Waals surface area (Å²) < 4.78 is 24.6. The Hall–Kier alpha value is -3.56. The molecule has 2 aliphatic rings. The van der Waals surface area contributed by atoms with Crippen LogP contribution >= 0.6 is 0 Å². The Morgan fingerprint density at radius 3 is 2.67 bits per heavy atom. The van der Waals surface area contributed by atoms with E-state index >= 15 is 0 Å². The maximum atomic E-state index is 14.2. The summed E-state index contributed by atoms with van der Waals surface area (Å²) >= 11 is 0. The molecule has 2 aromatic rings. The molecule has 2 aliphatic heterocycles. The van der Waals surface area contributed by atoms with Gasteiger partial charge < -0.3 is 19.6 Å². The first-order valence-corrected chi connectivity index (χ1v) is 12.0. The number of halogens is 1. The van der Waals surface area contributed by atoms with Crippen molar-refractivity contribution >= 4 is 34.3 Å². The van der Waals surface area contributed by atoms with Crippen molar-refractivity contribution in [3.8, 4) is 0 Å². The van der Waals surface area contributed by atoms with Gasteiger partial charge in [0.25, 0.3) is 5.91 Å². The highest BCUT2D eigenvalue weighted by Crippen LogP contribution is 2.37. The van der Waals surface area contributed by atoms with Crippen molar-refractivity contribution in [3.05, 3.63) is 42.2 Å². The fraction of sp³-hybridized carbons (Fsp3) is 0.500. The third-order valence-electron chi connectivity index (χ3n) is 6.55. The zero-order valence-corrected chi connectivity index (χ0v) is 20.7. The molecule has 0 spiro atoms. The van der Waals surface area contributed by atoms with Gasteiger partial charge in [0.05, 0.1) is 12.1 Å². The number of hydrogen-bond donors (Lipinski definition) is 1. The van der Waals surface area contributed by atoms with E-state index in [9.17, 15) is 18.8 Å². The van der Waals surface area contributed by atoms with Crippen molar-refractivity contribution in [1.29, 1.82) is 0 Å². The number of nitrogens with one attached hydrogen (secondary N) is 1. The number of carbonyl (C=O) groups is 3. The number of benzene rings is 1. The quantitative estimate of drug-likeness (QED) is 0.553. The van der Waals surface area contributed by atoms with Crippen molar-refractivity contribution in [2.24, 2.45) is 17.0 Å². The molecule has 1 amide bonds. The molecule has 0 aliphatic carbocycles. The van der Waals surface area contributed by atoms with Crippen molar-refractivity contribution in [3.63, 3.8) is 0 Å². The molecule has 0 radical (unpaired) electrons. The minimum atomic E-state index is -2.23. The number of hydrogen-bond acceptors (Lipinski definition) is 8. The first-order valence-electron chi connectivity index (χ1n) is 12.0. The van der Waals surface area contributed by atoms with Crippen LogP contribution in [-0.4, -0.2) is 52.6 Å². The lowest BCUT2D eigenvalue weighted by Gasteiger charge is -2.34. The Balaban J connectivity index is 1.58. The van der Waals surface area contributed by atoms with Gasteiger partial charge in [-0.25, -0.2) is 4.39 Å². The van der Waals surface area contributed by atoms with Crippen molar-refractivity contribution in [1.82, 2.24) is 10.3 Å². The molecule has 2 unspecified atom stereocenters. The highest BCUT2D eigenvalue weighted by molar-refractivity contribution is 6.11. The number of cyclic esters (lactones) is 1. The van der Waals surface area contributed by atoms with Crippen molar-refractivity contribution in [2.75, 3.05) is 6.67 Å². The first kappa shape index (κ1) is 25.5. The van der Waals surface area contributed by atoms with Crippen LogP contribution < -0.4 is 5.32 Å². The first-order chi connectivity index (χ1) is 17.1. The molecule has 3 atom stereocenters. The van der Waals surface area contributed by atoms with Crippen LogP contribution in [0.1, 0.15) is 52.7 Å². The van der Waals surface area contributed by atoms with Gasteiger partial charge >= 0.3 is 17.7 Å². The van der Waals surface area contributed by atoms with E-state index < -0.39 is 42.0 Å². The molecule has 10 heteroatoms. The van der Waals surface area contributed by atoms with Crippen LogP contribution in [0.15, 0.2) is 41.7 Å². The number of amides is 1. The van der Waals surface area contributed by atoms with E-state index in [1.54, 1.807) is 33.9 Å². The summed E-state index contributed by atoms with van der Waals surface area (Å²) in [4.78, 5) is 48.3. The number of alkyl halides is 1. The van der Waals surface area contributed by atoms with Crippen LogP contribution in [0, 0.1) is 11.8 Å². The maximum absolute atomic E-state index is 14.2. The smallest absolute Gasteiger partial charge is 0.311 e. The minimum Gasteiger partial charge on any atom is -0.417 e. The largest absolute Gasteiger partial charge is 0.417 e. The monoisotopic (exact) mass is 499 g/mol. The standard InChI is InChI=1S/C26H30FN3O6/c1-15(2)11-21(31)34-26(14-27)20(12-22(32)35-26)29-24(33)25(16(3)4)13-19(30-36-25)23-18-8-6-5-7-17(18)9-10-28-23/h5-10,15-16,20H,11-14H2,1-4H3,(H,29,33)/t20?,25-,26?/m1/s1. The molecule has 36 heavy (non-hydrogen) atoms. The summed E-state index contributed by atoms with van der Waals surface area (Å²) in [5.41, 5.74) is -0.345. The SMILES string of the molecule is CC(C)CC(=O)OC1(CF)OC(=O)CC1NC(=O)[C@]1(C(C)C)CC(c2nccc3ccccc23)=NO1. The predicted molar refractivity (Wildman–Crippen MR) is 128 cm³/mol. The third kappa shape index (κ3) is 4.64. The number of oxime groups is 1. The fourth-order valence-corrected chi connectivity index (χ4v) is 4.50. The molecule has 3 heterocycles. The van der Waals surface area contributed by atoms with Gasteiger partial charge in [0.2, 0.25) is 5.60 Å². The summed E-state index contributed by atoms with van der Waals surface area (Å²) in [6, 6.07) is 8.33. The molecule has 1 fully saturated rings. The van der Waals surface area contributed by atoms with Crippen LogP contribution in [0.25, 0.3) is 10.8 Å². The summed E-state index contributed by atoms with van der Waals surface area (Å²) in [6.07, 6.45) is 1.43. The molecule has 4 rings (SSSR count). The van der Waals surface area contributed by atoms with Gasteiger partial charge in [-0.15, -0.1) is 0 Å². The number of nitrogens with zero attached hydrogens (tertiary/aromatic N) is 2. The second-order valence-electron chi connectivity index (χ2n) is 9.95. The van der Waals surface area contributed by atoms with Crippen molar-refractivity contribution in [2.45, 2.75) is 64.4 Å². The molecule has 1 aromatic heterocycles. The molecular weight excluding hydrogens is 469 g/mol. The van der Waals surface area contributed by atoms with E-state index in [4.69, 9.17) is 14.3 Å².